The number of ether oxygens (including phenoxy) is 1. The molecule has 2 aromatic carbocycles. The van der Waals surface area contributed by atoms with E-state index in [4.69, 9.17) is 4.74 Å². The van der Waals surface area contributed by atoms with E-state index in [0.29, 0.717) is 0 Å². The minimum absolute atomic E-state index is 0. The molecule has 4 rings (SSSR count). The fraction of sp³-hybridized carbons (Fsp3) is 0.391. The van der Waals surface area contributed by atoms with E-state index in [1.807, 2.05) is 0 Å². The highest BCUT2D eigenvalue weighted by atomic mass is 35.5. The maximum atomic E-state index is 5.94. The first-order valence-electron chi connectivity index (χ1n) is 9.78. The van der Waals surface area contributed by atoms with Crippen molar-refractivity contribution in [3.63, 3.8) is 0 Å². The number of halogens is 1. The summed E-state index contributed by atoms with van der Waals surface area (Å²) in [5.41, 5.74) is 3.93. The van der Waals surface area contributed by atoms with Crippen molar-refractivity contribution in [2.45, 2.75) is 32.7 Å². The quantitative estimate of drug-likeness (QED) is 0.574. The van der Waals surface area contributed by atoms with Gasteiger partial charge >= 0.3 is 0 Å². The predicted molar refractivity (Wildman–Crippen MR) is 115 cm³/mol. The normalized spacial score (nSPS) is 14.9. The first-order valence-corrected chi connectivity index (χ1v) is 9.78. The van der Waals surface area contributed by atoms with Crippen molar-refractivity contribution in [1.29, 1.82) is 0 Å². The zero-order valence-electron chi connectivity index (χ0n) is 16.1. The van der Waals surface area contributed by atoms with Crippen LogP contribution in [0.3, 0.4) is 0 Å². The standard InChI is InChI=1S/C23H28N2O.ClH/c1-19-17-25(23-8-4-3-7-22(19)23)18-20-9-11-21(12-10-20)26-16-15-24-13-5-2-6-14-24;/h3-4,7-12,17H,2,5-6,13-16,18H2,1H3;1H. The Balaban J connectivity index is 0.00000210. The summed E-state index contributed by atoms with van der Waals surface area (Å²) in [6, 6.07) is 17.2. The molecule has 0 unspecified atom stereocenters. The smallest absolute Gasteiger partial charge is 0.119 e. The summed E-state index contributed by atoms with van der Waals surface area (Å²) < 4.78 is 8.27. The van der Waals surface area contributed by atoms with Crippen LogP contribution in [0, 0.1) is 6.92 Å². The third-order valence-electron chi connectivity index (χ3n) is 5.39. The molecular weight excluding hydrogens is 356 g/mol. The maximum Gasteiger partial charge on any atom is 0.119 e. The Labute approximate surface area is 168 Å². The van der Waals surface area contributed by atoms with E-state index in [0.717, 1.165) is 25.4 Å². The molecule has 0 N–H and O–H groups in total. The van der Waals surface area contributed by atoms with Gasteiger partial charge in [0.1, 0.15) is 12.4 Å². The van der Waals surface area contributed by atoms with Crippen LogP contribution in [-0.4, -0.2) is 35.7 Å². The van der Waals surface area contributed by atoms with Crippen LogP contribution in [0.4, 0.5) is 0 Å². The predicted octanol–water partition coefficient (Wildman–Crippen LogP) is 5.28. The SMILES string of the molecule is Cc1cn(Cc2ccc(OCCN3CCCCC3)cc2)c2ccccc12.Cl. The second-order valence-electron chi connectivity index (χ2n) is 7.35. The largest absolute Gasteiger partial charge is 0.492 e. The second kappa shape index (κ2) is 9.29. The lowest BCUT2D eigenvalue weighted by Crippen LogP contribution is -2.33. The fourth-order valence-electron chi connectivity index (χ4n) is 3.92. The van der Waals surface area contributed by atoms with Gasteiger partial charge < -0.3 is 9.30 Å². The zero-order chi connectivity index (χ0) is 17.8. The Morgan fingerprint density at radius 3 is 2.44 bits per heavy atom. The Morgan fingerprint density at radius 2 is 1.67 bits per heavy atom. The maximum absolute atomic E-state index is 5.94. The number of hydrogen-bond acceptors (Lipinski definition) is 2. The number of piperidine rings is 1. The molecule has 3 aromatic rings. The van der Waals surface area contributed by atoms with Crippen molar-refractivity contribution in [3.05, 3.63) is 65.9 Å². The van der Waals surface area contributed by atoms with Crippen molar-refractivity contribution in [3.8, 4) is 5.75 Å². The summed E-state index contributed by atoms with van der Waals surface area (Å²) in [5, 5.41) is 1.34. The first-order chi connectivity index (χ1) is 12.8. The van der Waals surface area contributed by atoms with Gasteiger partial charge in [-0.15, -0.1) is 12.4 Å². The van der Waals surface area contributed by atoms with Gasteiger partial charge in [0.2, 0.25) is 0 Å². The molecule has 1 aliphatic heterocycles. The third-order valence-corrected chi connectivity index (χ3v) is 5.39. The Kier molecular flexibility index (Phi) is 6.81. The van der Waals surface area contributed by atoms with Gasteiger partial charge in [-0.1, -0.05) is 36.8 Å². The lowest BCUT2D eigenvalue weighted by molar-refractivity contribution is 0.183. The van der Waals surface area contributed by atoms with Gasteiger partial charge in [0, 0.05) is 30.2 Å². The van der Waals surface area contributed by atoms with E-state index < -0.39 is 0 Å². The van der Waals surface area contributed by atoms with E-state index in [1.54, 1.807) is 0 Å². The molecule has 0 spiro atoms. The third kappa shape index (κ3) is 4.85. The number of fused-ring (bicyclic) bond motifs is 1. The van der Waals surface area contributed by atoms with Crippen molar-refractivity contribution < 1.29 is 4.74 Å². The Morgan fingerprint density at radius 1 is 0.926 bits per heavy atom. The first kappa shape index (κ1) is 19.8. The highest BCUT2D eigenvalue weighted by Gasteiger charge is 2.09. The summed E-state index contributed by atoms with van der Waals surface area (Å²) in [4.78, 5) is 2.51. The van der Waals surface area contributed by atoms with Gasteiger partial charge in [0.15, 0.2) is 0 Å². The van der Waals surface area contributed by atoms with E-state index in [2.05, 4.69) is 71.1 Å². The topological polar surface area (TPSA) is 17.4 Å². The van der Waals surface area contributed by atoms with Crippen LogP contribution in [0.25, 0.3) is 10.9 Å². The molecule has 0 amide bonds. The molecule has 0 bridgehead atoms. The molecule has 1 saturated heterocycles. The molecule has 0 aliphatic carbocycles. The van der Waals surface area contributed by atoms with Gasteiger partial charge in [-0.25, -0.2) is 0 Å². The number of nitrogens with zero attached hydrogens (tertiary/aromatic N) is 2. The van der Waals surface area contributed by atoms with E-state index in [-0.39, 0.29) is 12.4 Å². The molecule has 1 aromatic heterocycles. The molecule has 0 saturated carbocycles. The number of aromatic nitrogens is 1. The van der Waals surface area contributed by atoms with Crippen LogP contribution in [0.1, 0.15) is 30.4 Å². The summed E-state index contributed by atoms with van der Waals surface area (Å²) in [6.07, 6.45) is 6.30. The molecule has 4 heteroatoms. The number of likely N-dealkylation sites (tertiary alicyclic amines) is 1. The minimum atomic E-state index is 0. The van der Waals surface area contributed by atoms with Crippen LogP contribution < -0.4 is 4.74 Å². The average molecular weight is 385 g/mol. The summed E-state index contributed by atoms with van der Waals surface area (Å²) >= 11 is 0. The van der Waals surface area contributed by atoms with E-state index >= 15 is 0 Å². The number of hydrogen-bond donors (Lipinski definition) is 0. The minimum Gasteiger partial charge on any atom is -0.492 e. The molecule has 27 heavy (non-hydrogen) atoms. The number of para-hydroxylation sites is 1. The molecule has 0 atom stereocenters. The number of aryl methyl sites for hydroxylation is 1. The molecular formula is C23H29ClN2O. The molecule has 2 heterocycles. The van der Waals surface area contributed by atoms with Crippen molar-refractivity contribution >= 4 is 23.3 Å². The van der Waals surface area contributed by atoms with E-state index in [1.165, 1.54) is 54.4 Å². The van der Waals surface area contributed by atoms with Gasteiger partial charge in [0.05, 0.1) is 0 Å². The van der Waals surface area contributed by atoms with Crippen molar-refractivity contribution in [2.75, 3.05) is 26.2 Å². The Hall–Kier alpha value is -1.97. The number of rotatable bonds is 6. The fourth-order valence-corrected chi connectivity index (χ4v) is 3.92. The average Bonchev–Trinajstić information content (AvgIpc) is 3.00. The molecule has 3 nitrogen and oxygen atoms in total. The molecule has 1 fully saturated rings. The van der Waals surface area contributed by atoms with E-state index in [9.17, 15) is 0 Å². The van der Waals surface area contributed by atoms with Gasteiger partial charge in [-0.05, 0) is 62.2 Å². The molecule has 144 valence electrons. The lowest BCUT2D eigenvalue weighted by atomic mass is 10.1. The summed E-state index contributed by atoms with van der Waals surface area (Å²) in [5.74, 6) is 0.972. The second-order valence-corrected chi connectivity index (χ2v) is 7.35. The highest BCUT2D eigenvalue weighted by molar-refractivity contribution is 5.85. The van der Waals surface area contributed by atoms with Gasteiger partial charge in [-0.2, -0.15) is 0 Å². The monoisotopic (exact) mass is 384 g/mol. The van der Waals surface area contributed by atoms with Crippen molar-refractivity contribution in [1.82, 2.24) is 9.47 Å². The highest BCUT2D eigenvalue weighted by Crippen LogP contribution is 2.22. The molecule has 1 aliphatic rings. The summed E-state index contributed by atoms with van der Waals surface area (Å²) in [7, 11) is 0. The van der Waals surface area contributed by atoms with Gasteiger partial charge in [0.25, 0.3) is 0 Å². The van der Waals surface area contributed by atoms with Crippen LogP contribution in [-0.2, 0) is 6.54 Å². The zero-order valence-corrected chi connectivity index (χ0v) is 16.9. The Bertz CT molecular complexity index is 850. The summed E-state index contributed by atoms with van der Waals surface area (Å²) in [6.45, 7) is 7.34. The molecule has 0 radical (unpaired) electrons. The van der Waals surface area contributed by atoms with Crippen LogP contribution >= 0.6 is 12.4 Å². The number of benzene rings is 2. The van der Waals surface area contributed by atoms with Crippen LogP contribution in [0.2, 0.25) is 0 Å². The van der Waals surface area contributed by atoms with Crippen molar-refractivity contribution in [2.24, 2.45) is 0 Å². The van der Waals surface area contributed by atoms with Crippen LogP contribution in [0.5, 0.6) is 5.75 Å². The lowest BCUT2D eigenvalue weighted by Gasteiger charge is -2.26. The van der Waals surface area contributed by atoms with Crippen LogP contribution in [0.15, 0.2) is 54.7 Å². The van der Waals surface area contributed by atoms with Gasteiger partial charge in [-0.3, -0.25) is 4.90 Å².